The summed E-state index contributed by atoms with van der Waals surface area (Å²) in [4.78, 5) is 27.8. The highest BCUT2D eigenvalue weighted by Gasteiger charge is 2.24. The van der Waals surface area contributed by atoms with Crippen LogP contribution in [0.3, 0.4) is 0 Å². The average molecular weight is 383 g/mol. The second-order valence-electron chi connectivity index (χ2n) is 7.01. The van der Waals surface area contributed by atoms with Gasteiger partial charge in [0.2, 0.25) is 5.95 Å². The van der Waals surface area contributed by atoms with E-state index >= 15 is 0 Å². The first-order valence-electron chi connectivity index (χ1n) is 9.47. The van der Waals surface area contributed by atoms with Crippen molar-refractivity contribution in [2.45, 2.75) is 18.9 Å². The first-order valence-corrected chi connectivity index (χ1v) is 9.47. The third-order valence-electron chi connectivity index (χ3n) is 4.96. The second-order valence-corrected chi connectivity index (χ2v) is 7.01. The lowest BCUT2D eigenvalue weighted by Crippen LogP contribution is -2.45. The molecule has 1 aromatic carbocycles. The maximum Gasteiger partial charge on any atom is 0.254 e. The molecule has 0 bridgehead atoms. The summed E-state index contributed by atoms with van der Waals surface area (Å²) in [5.74, 6) is 0.377. The van der Waals surface area contributed by atoms with Gasteiger partial charge in [0.15, 0.2) is 0 Å². The van der Waals surface area contributed by atoms with Gasteiger partial charge in [-0.1, -0.05) is 0 Å². The Morgan fingerprint density at radius 3 is 2.50 bits per heavy atom. The number of hydrogen-bond donors (Lipinski definition) is 3. The molecule has 4 rings (SSSR count). The Kier molecular flexibility index (Phi) is 5.27. The number of hydrogen-bond acceptors (Lipinski definition) is 8. The molecule has 2 aromatic rings. The molecule has 0 radical (unpaired) electrons. The Balaban J connectivity index is 1.43. The Morgan fingerprint density at radius 2 is 1.89 bits per heavy atom. The van der Waals surface area contributed by atoms with E-state index in [2.05, 4.69) is 37.6 Å². The zero-order valence-electron chi connectivity index (χ0n) is 15.9. The number of nitrogens with one attached hydrogen (secondary N) is 2. The van der Waals surface area contributed by atoms with E-state index < -0.39 is 5.91 Å². The summed E-state index contributed by atoms with van der Waals surface area (Å²) in [6.45, 7) is 3.61. The third kappa shape index (κ3) is 4.32. The maximum absolute atomic E-state index is 11.6. The minimum Gasteiger partial charge on any atom is -0.369 e. The zero-order chi connectivity index (χ0) is 19.5. The number of carbonyl (C=O) groups excluding carboxylic acids is 1. The van der Waals surface area contributed by atoms with Gasteiger partial charge in [-0.2, -0.15) is 10.0 Å². The summed E-state index contributed by atoms with van der Waals surface area (Å²) in [5, 5.41) is 8.39. The first-order chi connectivity index (χ1) is 13.6. The van der Waals surface area contributed by atoms with Crippen LogP contribution in [0.5, 0.6) is 0 Å². The number of nitrogens with two attached hydrogens (primary N) is 1. The molecular formula is C19H25N7O2. The molecule has 9 nitrogen and oxygen atoms in total. The zero-order valence-corrected chi connectivity index (χ0v) is 15.9. The van der Waals surface area contributed by atoms with Crippen LogP contribution in [0.15, 0.2) is 30.5 Å². The molecular weight excluding hydrogens is 358 g/mol. The SMILES string of the molecule is CON1CCN(c2ccc(Nc3ncc(C(N)=O)c(NC4CC4)n3)cc2)CC1. The quantitative estimate of drug-likeness (QED) is 0.661. The minimum absolute atomic E-state index is 0.308. The van der Waals surface area contributed by atoms with Gasteiger partial charge in [-0.15, -0.1) is 0 Å². The fourth-order valence-corrected chi connectivity index (χ4v) is 3.17. The van der Waals surface area contributed by atoms with Crippen molar-refractivity contribution in [2.24, 2.45) is 5.73 Å². The van der Waals surface area contributed by atoms with E-state index in [1.165, 1.54) is 11.9 Å². The summed E-state index contributed by atoms with van der Waals surface area (Å²) in [6.07, 6.45) is 3.61. The molecule has 0 atom stereocenters. The van der Waals surface area contributed by atoms with Gasteiger partial charge >= 0.3 is 0 Å². The summed E-state index contributed by atoms with van der Waals surface area (Å²) in [6, 6.07) is 8.51. The Hall–Kier alpha value is -2.91. The standard InChI is InChI=1S/C19H25N7O2/c1-28-26-10-8-25(9-11-26)15-6-4-14(5-7-15)23-19-21-12-16(17(20)27)18(24-19)22-13-2-3-13/h4-7,12-13H,2-3,8-11H2,1H3,(H2,20,27)(H2,21,22,23,24). The van der Waals surface area contributed by atoms with E-state index in [0.717, 1.165) is 44.7 Å². The smallest absolute Gasteiger partial charge is 0.254 e. The predicted molar refractivity (Wildman–Crippen MR) is 108 cm³/mol. The highest BCUT2D eigenvalue weighted by atomic mass is 16.7. The third-order valence-corrected chi connectivity index (χ3v) is 4.96. The average Bonchev–Trinajstić information content (AvgIpc) is 3.53. The van der Waals surface area contributed by atoms with Crippen LogP contribution in [-0.2, 0) is 4.84 Å². The van der Waals surface area contributed by atoms with Crippen LogP contribution in [0.1, 0.15) is 23.2 Å². The Bertz CT molecular complexity index is 831. The molecule has 2 aliphatic rings. The normalized spacial score (nSPS) is 17.4. The number of anilines is 4. The molecule has 2 fully saturated rings. The largest absolute Gasteiger partial charge is 0.369 e. The lowest BCUT2D eigenvalue weighted by molar-refractivity contribution is -0.133. The molecule has 1 saturated heterocycles. The monoisotopic (exact) mass is 383 g/mol. The van der Waals surface area contributed by atoms with Crippen molar-refractivity contribution < 1.29 is 9.63 Å². The van der Waals surface area contributed by atoms with E-state index in [1.807, 2.05) is 17.2 Å². The molecule has 2 heterocycles. The Morgan fingerprint density at radius 1 is 1.18 bits per heavy atom. The van der Waals surface area contributed by atoms with Gasteiger partial charge in [-0.05, 0) is 37.1 Å². The van der Waals surface area contributed by atoms with E-state index in [-0.39, 0.29) is 0 Å². The van der Waals surface area contributed by atoms with Gasteiger partial charge in [-0.3, -0.25) is 4.79 Å². The number of hydroxylamine groups is 2. The van der Waals surface area contributed by atoms with Crippen LogP contribution >= 0.6 is 0 Å². The number of amides is 1. The molecule has 148 valence electrons. The molecule has 9 heteroatoms. The Labute approximate surface area is 163 Å². The summed E-state index contributed by atoms with van der Waals surface area (Å²) in [5.41, 5.74) is 7.78. The fourth-order valence-electron chi connectivity index (χ4n) is 3.17. The van der Waals surface area contributed by atoms with Crippen LogP contribution in [0, 0.1) is 0 Å². The van der Waals surface area contributed by atoms with Gasteiger partial charge in [0.05, 0.1) is 12.7 Å². The van der Waals surface area contributed by atoms with Crippen molar-refractivity contribution in [1.29, 1.82) is 0 Å². The summed E-state index contributed by atoms with van der Waals surface area (Å²) in [7, 11) is 1.71. The molecule has 0 spiro atoms. The van der Waals surface area contributed by atoms with E-state index in [1.54, 1.807) is 7.11 Å². The lowest BCUT2D eigenvalue weighted by atomic mass is 10.2. The van der Waals surface area contributed by atoms with Gasteiger partial charge in [0, 0.05) is 49.8 Å². The topological polar surface area (TPSA) is 109 Å². The molecule has 1 aliphatic carbocycles. The predicted octanol–water partition coefficient (Wildman–Crippen LogP) is 1.58. The number of benzene rings is 1. The van der Waals surface area contributed by atoms with Gasteiger partial charge in [0.25, 0.3) is 5.91 Å². The highest BCUT2D eigenvalue weighted by Crippen LogP contribution is 2.27. The summed E-state index contributed by atoms with van der Waals surface area (Å²) >= 11 is 0. The van der Waals surface area contributed by atoms with Gasteiger partial charge in [0.1, 0.15) is 5.82 Å². The number of nitrogens with zero attached hydrogens (tertiary/aromatic N) is 4. The van der Waals surface area contributed by atoms with Crippen molar-refractivity contribution in [3.63, 3.8) is 0 Å². The molecule has 1 aromatic heterocycles. The molecule has 1 aliphatic heterocycles. The van der Waals surface area contributed by atoms with Crippen molar-refractivity contribution in [3.05, 3.63) is 36.0 Å². The fraction of sp³-hybridized carbons (Fsp3) is 0.421. The highest BCUT2D eigenvalue weighted by molar-refractivity contribution is 5.97. The number of piperazine rings is 1. The number of rotatable bonds is 7. The van der Waals surface area contributed by atoms with Crippen LogP contribution in [0.25, 0.3) is 0 Å². The molecule has 1 saturated carbocycles. The van der Waals surface area contributed by atoms with Crippen molar-refractivity contribution in [1.82, 2.24) is 15.0 Å². The van der Waals surface area contributed by atoms with Gasteiger partial charge < -0.3 is 26.1 Å². The number of carbonyl (C=O) groups is 1. The van der Waals surface area contributed by atoms with Crippen molar-refractivity contribution in [3.8, 4) is 0 Å². The van der Waals surface area contributed by atoms with Gasteiger partial charge in [-0.25, -0.2) is 4.98 Å². The second kappa shape index (κ2) is 7.99. The minimum atomic E-state index is -0.535. The van der Waals surface area contributed by atoms with E-state index in [4.69, 9.17) is 10.6 Å². The first kappa shape index (κ1) is 18.5. The number of aromatic nitrogens is 2. The molecule has 28 heavy (non-hydrogen) atoms. The molecule has 0 unspecified atom stereocenters. The van der Waals surface area contributed by atoms with E-state index in [9.17, 15) is 4.79 Å². The lowest BCUT2D eigenvalue weighted by Gasteiger charge is -2.34. The van der Waals surface area contributed by atoms with Crippen LogP contribution in [0.2, 0.25) is 0 Å². The van der Waals surface area contributed by atoms with Crippen molar-refractivity contribution in [2.75, 3.05) is 48.8 Å². The molecule has 1 amide bonds. The maximum atomic E-state index is 11.6. The van der Waals surface area contributed by atoms with Crippen LogP contribution in [0.4, 0.5) is 23.1 Å². The van der Waals surface area contributed by atoms with Crippen LogP contribution in [-0.4, -0.2) is 60.3 Å². The molecule has 4 N–H and O–H groups in total. The van der Waals surface area contributed by atoms with E-state index in [0.29, 0.717) is 23.4 Å². The van der Waals surface area contributed by atoms with Crippen molar-refractivity contribution >= 4 is 29.0 Å². The number of primary amides is 1. The van der Waals surface area contributed by atoms with Crippen LogP contribution < -0.4 is 21.3 Å². The summed E-state index contributed by atoms with van der Waals surface area (Å²) < 4.78 is 0.